The van der Waals surface area contributed by atoms with Crippen LogP contribution >= 0.6 is 0 Å². The van der Waals surface area contributed by atoms with Crippen molar-refractivity contribution >= 4 is 11.0 Å². The van der Waals surface area contributed by atoms with Crippen LogP contribution < -0.4 is 5.32 Å². The highest BCUT2D eigenvalue weighted by Crippen LogP contribution is 2.13. The zero-order chi connectivity index (χ0) is 13.2. The molecule has 0 saturated heterocycles. The summed E-state index contributed by atoms with van der Waals surface area (Å²) in [6.07, 6.45) is 0. The quantitative estimate of drug-likeness (QED) is 0.768. The Bertz CT molecular complexity index is 700. The molecule has 0 amide bonds. The Morgan fingerprint density at radius 2 is 2.05 bits per heavy atom. The first-order valence-electron chi connectivity index (χ1n) is 6.14. The van der Waals surface area contributed by atoms with Crippen LogP contribution in [0.4, 0.5) is 0 Å². The standard InChI is InChI=1S/C13H15N5O/c1-9-15-12(17-19-9)7-14-8-13-16-10-5-3-4-6-11(10)18(13)2/h3-6,14H,7-8H2,1-2H3. The number of para-hydroxylation sites is 2. The summed E-state index contributed by atoms with van der Waals surface area (Å²) in [5.74, 6) is 2.23. The molecule has 0 fully saturated rings. The average Bonchev–Trinajstić information content (AvgIpc) is 2.96. The van der Waals surface area contributed by atoms with Gasteiger partial charge in [-0.25, -0.2) is 4.98 Å². The number of nitrogens with one attached hydrogen (secondary N) is 1. The van der Waals surface area contributed by atoms with Crippen molar-refractivity contribution in [2.75, 3.05) is 0 Å². The summed E-state index contributed by atoms with van der Waals surface area (Å²) in [6.45, 7) is 3.02. The molecule has 1 aromatic carbocycles. The molecule has 1 N–H and O–H groups in total. The van der Waals surface area contributed by atoms with E-state index >= 15 is 0 Å². The van der Waals surface area contributed by atoms with Crippen LogP contribution in [0.25, 0.3) is 11.0 Å². The zero-order valence-electron chi connectivity index (χ0n) is 10.9. The van der Waals surface area contributed by atoms with Gasteiger partial charge in [0.1, 0.15) is 5.82 Å². The lowest BCUT2D eigenvalue weighted by atomic mass is 10.3. The Hall–Kier alpha value is -2.21. The van der Waals surface area contributed by atoms with Gasteiger partial charge in [-0.3, -0.25) is 0 Å². The highest BCUT2D eigenvalue weighted by atomic mass is 16.5. The van der Waals surface area contributed by atoms with E-state index in [1.165, 1.54) is 0 Å². The van der Waals surface area contributed by atoms with Crippen molar-refractivity contribution in [1.82, 2.24) is 25.0 Å². The fourth-order valence-electron chi connectivity index (χ4n) is 2.05. The molecular weight excluding hydrogens is 242 g/mol. The molecular formula is C13H15N5O. The van der Waals surface area contributed by atoms with Gasteiger partial charge in [-0.05, 0) is 12.1 Å². The molecule has 6 nitrogen and oxygen atoms in total. The maximum atomic E-state index is 4.92. The van der Waals surface area contributed by atoms with E-state index < -0.39 is 0 Å². The summed E-state index contributed by atoms with van der Waals surface area (Å²) in [6, 6.07) is 8.09. The van der Waals surface area contributed by atoms with Crippen molar-refractivity contribution in [3.05, 3.63) is 41.8 Å². The minimum Gasteiger partial charge on any atom is -0.340 e. The average molecular weight is 257 g/mol. The van der Waals surface area contributed by atoms with E-state index in [2.05, 4.69) is 31.1 Å². The Morgan fingerprint density at radius 3 is 2.79 bits per heavy atom. The van der Waals surface area contributed by atoms with Gasteiger partial charge in [0.25, 0.3) is 0 Å². The molecule has 0 bridgehead atoms. The van der Waals surface area contributed by atoms with Crippen LogP contribution in [0.2, 0.25) is 0 Å². The topological polar surface area (TPSA) is 68.8 Å². The Balaban J connectivity index is 1.70. The summed E-state index contributed by atoms with van der Waals surface area (Å²) in [7, 11) is 2.02. The third-order valence-electron chi connectivity index (χ3n) is 3.02. The van der Waals surface area contributed by atoms with Gasteiger partial charge < -0.3 is 14.4 Å². The molecule has 3 aromatic rings. The molecule has 0 unspecified atom stereocenters. The number of benzene rings is 1. The molecule has 0 aliphatic rings. The van der Waals surface area contributed by atoms with E-state index in [0.29, 0.717) is 24.8 Å². The fraction of sp³-hybridized carbons (Fsp3) is 0.308. The second kappa shape index (κ2) is 4.81. The molecule has 19 heavy (non-hydrogen) atoms. The van der Waals surface area contributed by atoms with E-state index in [-0.39, 0.29) is 0 Å². The van der Waals surface area contributed by atoms with Gasteiger partial charge in [0, 0.05) is 14.0 Å². The Kier molecular flexibility index (Phi) is 3.00. The maximum Gasteiger partial charge on any atom is 0.223 e. The molecule has 2 heterocycles. The second-order valence-electron chi connectivity index (χ2n) is 4.41. The van der Waals surface area contributed by atoms with Gasteiger partial charge in [-0.15, -0.1) is 0 Å². The second-order valence-corrected chi connectivity index (χ2v) is 4.41. The Labute approximate surface area is 110 Å². The number of aryl methyl sites for hydroxylation is 2. The number of nitrogens with zero attached hydrogens (tertiary/aromatic N) is 4. The minimum absolute atomic E-state index is 0.570. The van der Waals surface area contributed by atoms with Gasteiger partial charge in [0.05, 0.1) is 24.1 Å². The molecule has 0 spiro atoms. The first-order chi connectivity index (χ1) is 9.24. The van der Waals surface area contributed by atoms with Crippen molar-refractivity contribution < 1.29 is 4.52 Å². The molecule has 3 rings (SSSR count). The molecule has 0 aliphatic carbocycles. The van der Waals surface area contributed by atoms with Crippen molar-refractivity contribution in [2.24, 2.45) is 7.05 Å². The molecule has 2 aromatic heterocycles. The number of rotatable bonds is 4. The van der Waals surface area contributed by atoms with Crippen LogP contribution in [0.15, 0.2) is 28.8 Å². The van der Waals surface area contributed by atoms with E-state index in [4.69, 9.17) is 4.52 Å². The van der Waals surface area contributed by atoms with Gasteiger partial charge in [0.15, 0.2) is 5.82 Å². The summed E-state index contributed by atoms with van der Waals surface area (Å²) in [5, 5.41) is 7.10. The van der Waals surface area contributed by atoms with Crippen molar-refractivity contribution in [3.8, 4) is 0 Å². The van der Waals surface area contributed by atoms with Crippen LogP contribution in [0.5, 0.6) is 0 Å². The van der Waals surface area contributed by atoms with Gasteiger partial charge in [-0.2, -0.15) is 4.98 Å². The lowest BCUT2D eigenvalue weighted by Gasteiger charge is -2.02. The van der Waals surface area contributed by atoms with E-state index in [1.807, 2.05) is 25.2 Å². The fourth-order valence-corrected chi connectivity index (χ4v) is 2.05. The summed E-state index contributed by atoms with van der Waals surface area (Å²) < 4.78 is 7.00. The molecule has 6 heteroatoms. The van der Waals surface area contributed by atoms with Gasteiger partial charge in [-0.1, -0.05) is 17.3 Å². The highest BCUT2D eigenvalue weighted by Gasteiger charge is 2.07. The normalized spacial score (nSPS) is 11.3. The van der Waals surface area contributed by atoms with Crippen LogP contribution in [-0.2, 0) is 20.1 Å². The lowest BCUT2D eigenvalue weighted by molar-refractivity contribution is 0.385. The number of hydrogen-bond acceptors (Lipinski definition) is 5. The van der Waals surface area contributed by atoms with Crippen molar-refractivity contribution in [2.45, 2.75) is 20.0 Å². The van der Waals surface area contributed by atoms with Crippen LogP contribution in [-0.4, -0.2) is 19.7 Å². The van der Waals surface area contributed by atoms with Crippen LogP contribution in [0.3, 0.4) is 0 Å². The molecule has 0 aliphatic heterocycles. The Morgan fingerprint density at radius 1 is 1.21 bits per heavy atom. The third-order valence-corrected chi connectivity index (χ3v) is 3.02. The largest absolute Gasteiger partial charge is 0.340 e. The minimum atomic E-state index is 0.570. The molecule has 98 valence electrons. The van der Waals surface area contributed by atoms with Gasteiger partial charge >= 0.3 is 0 Å². The number of hydrogen-bond donors (Lipinski definition) is 1. The lowest BCUT2D eigenvalue weighted by Crippen LogP contribution is -2.16. The van der Waals surface area contributed by atoms with E-state index in [0.717, 1.165) is 16.9 Å². The smallest absolute Gasteiger partial charge is 0.223 e. The molecule has 0 atom stereocenters. The summed E-state index contributed by atoms with van der Waals surface area (Å²) in [5.41, 5.74) is 2.15. The third kappa shape index (κ3) is 2.34. The van der Waals surface area contributed by atoms with Crippen LogP contribution in [0, 0.1) is 6.92 Å². The van der Waals surface area contributed by atoms with Crippen molar-refractivity contribution in [3.63, 3.8) is 0 Å². The van der Waals surface area contributed by atoms with Crippen molar-refractivity contribution in [1.29, 1.82) is 0 Å². The number of imidazole rings is 1. The van der Waals surface area contributed by atoms with E-state index in [9.17, 15) is 0 Å². The number of fused-ring (bicyclic) bond motifs is 1. The monoisotopic (exact) mass is 257 g/mol. The zero-order valence-corrected chi connectivity index (χ0v) is 10.9. The number of aromatic nitrogens is 4. The predicted molar refractivity (Wildman–Crippen MR) is 70.3 cm³/mol. The first kappa shape index (κ1) is 11.9. The summed E-state index contributed by atoms with van der Waals surface area (Å²) >= 11 is 0. The van der Waals surface area contributed by atoms with Crippen LogP contribution in [0.1, 0.15) is 17.5 Å². The molecule has 0 radical (unpaired) electrons. The predicted octanol–water partition coefficient (Wildman–Crippen LogP) is 1.55. The summed E-state index contributed by atoms with van der Waals surface area (Å²) in [4.78, 5) is 8.72. The van der Waals surface area contributed by atoms with E-state index in [1.54, 1.807) is 6.92 Å². The first-order valence-corrected chi connectivity index (χ1v) is 6.14. The van der Waals surface area contributed by atoms with Gasteiger partial charge in [0.2, 0.25) is 5.89 Å². The SMILES string of the molecule is Cc1nc(CNCc2nc3ccccc3n2C)no1. The molecule has 0 saturated carbocycles. The highest BCUT2D eigenvalue weighted by molar-refractivity contribution is 5.75. The maximum absolute atomic E-state index is 4.92.